The molecule has 0 saturated carbocycles. The van der Waals surface area contributed by atoms with E-state index >= 15 is 0 Å². The van der Waals surface area contributed by atoms with E-state index in [-0.39, 0.29) is 5.56 Å². The van der Waals surface area contributed by atoms with Crippen molar-refractivity contribution in [1.82, 2.24) is 9.88 Å². The number of pyridine rings is 1. The lowest BCUT2D eigenvalue weighted by Crippen LogP contribution is -2.28. The zero-order valence-electron chi connectivity index (χ0n) is 11.0. The number of rotatable bonds is 3. The maximum Gasteiger partial charge on any atom is 0.250 e. The van der Waals surface area contributed by atoms with Crippen molar-refractivity contribution < 1.29 is 0 Å². The molecule has 3 nitrogen and oxygen atoms in total. The van der Waals surface area contributed by atoms with Gasteiger partial charge in [0.1, 0.15) is 0 Å². The Labute approximate surface area is 103 Å². The smallest absolute Gasteiger partial charge is 0.250 e. The van der Waals surface area contributed by atoms with Crippen LogP contribution >= 0.6 is 0 Å². The molecule has 0 aromatic carbocycles. The number of hydrogen-bond donors (Lipinski definition) is 1. The van der Waals surface area contributed by atoms with Gasteiger partial charge in [0.25, 0.3) is 5.56 Å². The number of aryl methyl sites for hydroxylation is 1. The molecule has 1 aromatic heterocycles. The van der Waals surface area contributed by atoms with Crippen molar-refractivity contribution >= 4 is 0 Å². The first-order chi connectivity index (χ1) is 8.08. The van der Waals surface area contributed by atoms with Gasteiger partial charge in [-0.1, -0.05) is 13.8 Å². The topological polar surface area (TPSA) is 36.1 Å². The lowest BCUT2D eigenvalue weighted by molar-refractivity contribution is 0.228. The molecule has 1 fully saturated rings. The first-order valence-corrected chi connectivity index (χ1v) is 6.51. The van der Waals surface area contributed by atoms with Crippen molar-refractivity contribution in [2.24, 2.45) is 5.92 Å². The fraction of sp³-hybridized carbons (Fsp3) is 0.643. The quantitative estimate of drug-likeness (QED) is 0.872. The van der Waals surface area contributed by atoms with Gasteiger partial charge in [-0.2, -0.15) is 0 Å². The van der Waals surface area contributed by atoms with E-state index in [1.54, 1.807) is 0 Å². The highest BCUT2D eigenvalue weighted by atomic mass is 16.1. The molecule has 2 heterocycles. The zero-order chi connectivity index (χ0) is 12.4. The molecule has 0 spiro atoms. The second-order valence-corrected chi connectivity index (χ2v) is 5.49. The minimum Gasteiger partial charge on any atom is -0.329 e. The molecule has 1 N–H and O–H groups in total. The maximum atomic E-state index is 11.4. The van der Waals surface area contributed by atoms with E-state index in [4.69, 9.17) is 0 Å². The van der Waals surface area contributed by atoms with Gasteiger partial charge in [-0.15, -0.1) is 0 Å². The predicted octanol–water partition coefficient (Wildman–Crippen LogP) is 2.48. The summed E-state index contributed by atoms with van der Waals surface area (Å²) in [5, 5.41) is 0. The molecular weight excluding hydrogens is 212 g/mol. The highest BCUT2D eigenvalue weighted by Crippen LogP contribution is 2.31. The summed E-state index contributed by atoms with van der Waals surface area (Å²) in [5.41, 5.74) is 2.11. The van der Waals surface area contributed by atoms with Gasteiger partial charge in [0, 0.05) is 24.3 Å². The van der Waals surface area contributed by atoms with E-state index in [9.17, 15) is 4.79 Å². The van der Waals surface area contributed by atoms with Gasteiger partial charge >= 0.3 is 0 Å². The minimum atomic E-state index is 0.0298. The fourth-order valence-electron chi connectivity index (χ4n) is 2.70. The SMILES string of the molecule is Cc1cc([C@@H]2CCCN2CC(C)C)c[nH]c1=O. The number of aromatic amines is 1. The third kappa shape index (κ3) is 2.78. The van der Waals surface area contributed by atoms with E-state index in [0.29, 0.717) is 12.0 Å². The number of nitrogens with one attached hydrogen (secondary N) is 1. The summed E-state index contributed by atoms with van der Waals surface area (Å²) in [6.45, 7) is 8.72. The van der Waals surface area contributed by atoms with Gasteiger partial charge in [0.15, 0.2) is 0 Å². The van der Waals surface area contributed by atoms with E-state index in [2.05, 4.69) is 23.7 Å². The van der Waals surface area contributed by atoms with Crippen molar-refractivity contribution in [2.45, 2.75) is 39.7 Å². The number of aromatic nitrogens is 1. The second-order valence-electron chi connectivity index (χ2n) is 5.49. The molecule has 0 bridgehead atoms. The molecule has 2 rings (SSSR count). The first-order valence-electron chi connectivity index (χ1n) is 6.51. The number of H-pyrrole nitrogens is 1. The predicted molar refractivity (Wildman–Crippen MR) is 70.2 cm³/mol. The van der Waals surface area contributed by atoms with Gasteiger partial charge in [0.2, 0.25) is 0 Å². The lowest BCUT2D eigenvalue weighted by atomic mass is 10.0. The van der Waals surface area contributed by atoms with Crippen LogP contribution in [-0.2, 0) is 0 Å². The Hall–Kier alpha value is -1.09. The monoisotopic (exact) mass is 234 g/mol. The average Bonchev–Trinajstić information content (AvgIpc) is 2.69. The minimum absolute atomic E-state index is 0.0298. The molecule has 0 amide bonds. The number of likely N-dealkylation sites (tertiary alicyclic amines) is 1. The molecule has 0 unspecified atom stereocenters. The highest BCUT2D eigenvalue weighted by Gasteiger charge is 2.26. The van der Waals surface area contributed by atoms with Crippen molar-refractivity contribution in [3.8, 4) is 0 Å². The summed E-state index contributed by atoms with van der Waals surface area (Å²) in [6.07, 6.45) is 4.35. The van der Waals surface area contributed by atoms with Gasteiger partial charge in [-0.3, -0.25) is 9.69 Å². The van der Waals surface area contributed by atoms with Crippen LogP contribution in [0.15, 0.2) is 17.1 Å². The number of nitrogens with zero attached hydrogens (tertiary/aromatic N) is 1. The molecule has 1 aromatic rings. The second kappa shape index (κ2) is 5.05. The van der Waals surface area contributed by atoms with Crippen LogP contribution in [-0.4, -0.2) is 23.0 Å². The highest BCUT2D eigenvalue weighted by molar-refractivity contribution is 5.21. The van der Waals surface area contributed by atoms with E-state index < -0.39 is 0 Å². The Morgan fingerprint density at radius 2 is 2.29 bits per heavy atom. The van der Waals surface area contributed by atoms with E-state index in [1.807, 2.05) is 19.2 Å². The fourth-order valence-corrected chi connectivity index (χ4v) is 2.70. The van der Waals surface area contributed by atoms with Crippen LogP contribution in [0.5, 0.6) is 0 Å². The van der Waals surface area contributed by atoms with E-state index in [0.717, 1.165) is 12.1 Å². The Balaban J connectivity index is 2.20. The third-order valence-electron chi connectivity index (χ3n) is 3.46. The Bertz CT molecular complexity index is 436. The molecule has 1 saturated heterocycles. The summed E-state index contributed by atoms with van der Waals surface area (Å²) in [7, 11) is 0. The summed E-state index contributed by atoms with van der Waals surface area (Å²) in [5.74, 6) is 0.694. The molecule has 0 radical (unpaired) electrons. The van der Waals surface area contributed by atoms with Crippen LogP contribution in [0.1, 0.15) is 43.9 Å². The van der Waals surface area contributed by atoms with Gasteiger partial charge in [-0.05, 0) is 43.9 Å². The summed E-state index contributed by atoms with van der Waals surface area (Å²) < 4.78 is 0. The van der Waals surface area contributed by atoms with Crippen LogP contribution in [0.4, 0.5) is 0 Å². The maximum absolute atomic E-state index is 11.4. The summed E-state index contributed by atoms with van der Waals surface area (Å²) >= 11 is 0. The molecule has 0 aliphatic carbocycles. The lowest BCUT2D eigenvalue weighted by Gasteiger charge is -2.26. The van der Waals surface area contributed by atoms with Crippen LogP contribution in [0.3, 0.4) is 0 Å². The van der Waals surface area contributed by atoms with Crippen molar-refractivity contribution in [2.75, 3.05) is 13.1 Å². The Morgan fingerprint density at radius 3 is 2.94 bits per heavy atom. The average molecular weight is 234 g/mol. The molecule has 94 valence electrons. The molecular formula is C14H22N2O. The van der Waals surface area contributed by atoms with Gasteiger partial charge in [0.05, 0.1) is 0 Å². The summed E-state index contributed by atoms with van der Waals surface area (Å²) in [6, 6.07) is 2.54. The van der Waals surface area contributed by atoms with Crippen LogP contribution < -0.4 is 5.56 Å². The normalized spacial score (nSPS) is 21.3. The van der Waals surface area contributed by atoms with Crippen LogP contribution in [0, 0.1) is 12.8 Å². The molecule has 1 atom stereocenters. The van der Waals surface area contributed by atoms with Crippen molar-refractivity contribution in [1.29, 1.82) is 0 Å². The van der Waals surface area contributed by atoms with Crippen molar-refractivity contribution in [3.05, 3.63) is 33.7 Å². The Kier molecular flexibility index (Phi) is 3.67. The van der Waals surface area contributed by atoms with Gasteiger partial charge < -0.3 is 4.98 Å². The van der Waals surface area contributed by atoms with Gasteiger partial charge in [-0.25, -0.2) is 0 Å². The summed E-state index contributed by atoms with van der Waals surface area (Å²) in [4.78, 5) is 16.8. The third-order valence-corrected chi connectivity index (χ3v) is 3.46. The van der Waals surface area contributed by atoms with E-state index in [1.165, 1.54) is 24.9 Å². The number of hydrogen-bond acceptors (Lipinski definition) is 2. The molecule has 1 aliphatic heterocycles. The molecule has 17 heavy (non-hydrogen) atoms. The molecule has 3 heteroatoms. The largest absolute Gasteiger partial charge is 0.329 e. The zero-order valence-corrected chi connectivity index (χ0v) is 11.0. The molecule has 1 aliphatic rings. The Morgan fingerprint density at radius 1 is 1.53 bits per heavy atom. The van der Waals surface area contributed by atoms with Crippen LogP contribution in [0.25, 0.3) is 0 Å². The standard InChI is InChI=1S/C14H22N2O/c1-10(2)9-16-6-4-5-13(16)12-7-11(3)14(17)15-8-12/h7-8,10,13H,4-6,9H2,1-3H3,(H,15,17)/t13-/m0/s1. The van der Waals surface area contributed by atoms with Crippen LogP contribution in [0.2, 0.25) is 0 Å². The van der Waals surface area contributed by atoms with Crippen molar-refractivity contribution in [3.63, 3.8) is 0 Å². The first kappa shape index (κ1) is 12.4.